The number of aryl methyl sites for hydroxylation is 1. The Hall–Kier alpha value is -2.26. The first-order chi connectivity index (χ1) is 14.6. The highest BCUT2D eigenvalue weighted by atomic mass is 35.5. The number of amides is 1. The first-order valence-electron chi connectivity index (χ1n) is 10.2. The van der Waals surface area contributed by atoms with Crippen molar-refractivity contribution in [3.8, 4) is 5.75 Å². The predicted molar refractivity (Wildman–Crippen MR) is 111 cm³/mol. The summed E-state index contributed by atoms with van der Waals surface area (Å²) in [4.78, 5) is 14.4. The quantitative estimate of drug-likeness (QED) is 0.649. The first-order valence-corrected chi connectivity index (χ1v) is 10.5. The van der Waals surface area contributed by atoms with Gasteiger partial charge in [-0.15, -0.1) is 0 Å². The number of benzene rings is 1. The van der Waals surface area contributed by atoms with E-state index < -0.39 is 23.3 Å². The van der Waals surface area contributed by atoms with E-state index in [9.17, 15) is 18.0 Å². The average Bonchev–Trinajstić information content (AvgIpc) is 3.20. The fraction of sp³-hybridized carbons (Fsp3) is 0.524. The minimum absolute atomic E-state index is 0.0844. The van der Waals surface area contributed by atoms with Gasteiger partial charge in [-0.1, -0.05) is 18.5 Å². The Morgan fingerprint density at radius 1 is 1.39 bits per heavy atom. The molecule has 0 spiro atoms. The predicted octanol–water partition coefficient (Wildman–Crippen LogP) is 4.30. The van der Waals surface area contributed by atoms with Crippen LogP contribution in [0.15, 0.2) is 24.4 Å². The summed E-state index contributed by atoms with van der Waals surface area (Å²) >= 11 is 5.99. The van der Waals surface area contributed by atoms with Gasteiger partial charge >= 0.3 is 6.18 Å². The van der Waals surface area contributed by atoms with Crippen molar-refractivity contribution in [2.45, 2.75) is 39.0 Å². The largest absolute Gasteiger partial charge is 0.490 e. The summed E-state index contributed by atoms with van der Waals surface area (Å²) in [5, 5.41) is 8.45. The molecule has 6 nitrogen and oxygen atoms in total. The molecular formula is C21H26ClF3N4O2. The molecule has 1 aliphatic rings. The van der Waals surface area contributed by atoms with E-state index in [-0.39, 0.29) is 18.6 Å². The number of hydrogen-bond donors (Lipinski definition) is 2. The molecule has 0 saturated carbocycles. The van der Waals surface area contributed by atoms with Crippen molar-refractivity contribution in [2.24, 2.45) is 5.92 Å². The van der Waals surface area contributed by atoms with Gasteiger partial charge in [0.15, 0.2) is 5.69 Å². The SMILES string of the molecule is Cc1cc(Cl)ccc1OC1CCN(C[C@H](C)CNC(=O)c2cn[nH]c2C(F)(F)F)CC1. The summed E-state index contributed by atoms with van der Waals surface area (Å²) in [6.07, 6.45) is -1.86. The number of nitrogens with zero attached hydrogens (tertiary/aromatic N) is 2. The number of aromatic amines is 1. The van der Waals surface area contributed by atoms with Crippen LogP contribution in [0.2, 0.25) is 5.02 Å². The minimum atomic E-state index is -4.65. The third-order valence-electron chi connectivity index (χ3n) is 5.31. The minimum Gasteiger partial charge on any atom is -0.490 e. The van der Waals surface area contributed by atoms with Gasteiger partial charge in [-0.2, -0.15) is 18.3 Å². The molecule has 1 amide bonds. The normalized spacial score (nSPS) is 16.8. The van der Waals surface area contributed by atoms with E-state index in [1.807, 2.05) is 37.1 Å². The molecule has 2 heterocycles. The van der Waals surface area contributed by atoms with Crippen LogP contribution in [0, 0.1) is 12.8 Å². The van der Waals surface area contributed by atoms with E-state index in [2.05, 4.69) is 15.3 Å². The van der Waals surface area contributed by atoms with Crippen molar-refractivity contribution < 1.29 is 22.7 Å². The lowest BCUT2D eigenvalue weighted by Gasteiger charge is -2.34. The van der Waals surface area contributed by atoms with Gasteiger partial charge in [-0.25, -0.2) is 0 Å². The Morgan fingerprint density at radius 3 is 2.74 bits per heavy atom. The van der Waals surface area contributed by atoms with Crippen LogP contribution >= 0.6 is 11.6 Å². The van der Waals surface area contributed by atoms with Gasteiger partial charge in [0.1, 0.15) is 11.9 Å². The summed E-state index contributed by atoms with van der Waals surface area (Å²) in [5.41, 5.74) is -0.614. The van der Waals surface area contributed by atoms with E-state index in [1.54, 1.807) is 0 Å². The Balaban J connectivity index is 1.41. The van der Waals surface area contributed by atoms with Gasteiger partial charge in [0.05, 0.1) is 11.8 Å². The van der Waals surface area contributed by atoms with E-state index >= 15 is 0 Å². The van der Waals surface area contributed by atoms with Crippen LogP contribution in [0.1, 0.15) is 41.4 Å². The van der Waals surface area contributed by atoms with Crippen LogP contribution in [0.5, 0.6) is 5.75 Å². The van der Waals surface area contributed by atoms with Crippen molar-refractivity contribution in [3.05, 3.63) is 46.2 Å². The number of H-pyrrole nitrogens is 1. The zero-order valence-electron chi connectivity index (χ0n) is 17.4. The van der Waals surface area contributed by atoms with Gasteiger partial charge in [0.2, 0.25) is 0 Å². The van der Waals surface area contributed by atoms with Crippen LogP contribution in [0.25, 0.3) is 0 Å². The molecule has 31 heavy (non-hydrogen) atoms. The Morgan fingerprint density at radius 2 is 2.10 bits per heavy atom. The lowest BCUT2D eigenvalue weighted by atomic mass is 10.0. The number of carbonyl (C=O) groups excluding carboxylic acids is 1. The van der Waals surface area contributed by atoms with Crippen LogP contribution < -0.4 is 10.1 Å². The lowest BCUT2D eigenvalue weighted by Crippen LogP contribution is -2.42. The molecule has 3 rings (SSSR count). The summed E-state index contributed by atoms with van der Waals surface area (Å²) < 4.78 is 44.8. The molecule has 1 fully saturated rings. The van der Waals surface area contributed by atoms with E-state index in [4.69, 9.17) is 16.3 Å². The Bertz CT molecular complexity index is 895. The molecule has 2 N–H and O–H groups in total. The van der Waals surface area contributed by atoms with Gasteiger partial charge in [0, 0.05) is 31.2 Å². The smallest absolute Gasteiger partial charge is 0.433 e. The van der Waals surface area contributed by atoms with Gasteiger partial charge in [-0.05, 0) is 49.4 Å². The second kappa shape index (κ2) is 9.91. The molecule has 170 valence electrons. The van der Waals surface area contributed by atoms with Gasteiger partial charge in [-0.3, -0.25) is 9.89 Å². The molecule has 1 saturated heterocycles. The Labute approximate surface area is 184 Å². The van der Waals surface area contributed by atoms with Crippen LogP contribution in [-0.2, 0) is 6.18 Å². The number of halogens is 4. The number of hydrogen-bond acceptors (Lipinski definition) is 4. The van der Waals surface area contributed by atoms with Crippen LogP contribution in [0.4, 0.5) is 13.2 Å². The standard InChI is InChI=1S/C21H26ClF3N4O2/c1-13(10-26-20(30)17-11-27-28-19(17)21(23,24)25)12-29-7-5-16(6-8-29)31-18-4-3-15(22)9-14(18)2/h3-4,9,11,13,16H,5-8,10,12H2,1-2H3,(H,26,30)(H,27,28)/t13-/m1/s1. The monoisotopic (exact) mass is 458 g/mol. The molecular weight excluding hydrogens is 433 g/mol. The highest BCUT2D eigenvalue weighted by Gasteiger charge is 2.37. The molecule has 1 aromatic carbocycles. The fourth-order valence-corrected chi connectivity index (χ4v) is 3.90. The number of likely N-dealkylation sites (tertiary alicyclic amines) is 1. The maximum atomic E-state index is 12.9. The lowest BCUT2D eigenvalue weighted by molar-refractivity contribution is -0.141. The first kappa shape index (κ1) is 23.4. The summed E-state index contributed by atoms with van der Waals surface area (Å²) in [7, 11) is 0. The second-order valence-electron chi connectivity index (χ2n) is 8.00. The van der Waals surface area contributed by atoms with Crippen molar-refractivity contribution in [3.63, 3.8) is 0 Å². The van der Waals surface area contributed by atoms with Crippen molar-refractivity contribution in [1.82, 2.24) is 20.4 Å². The summed E-state index contributed by atoms with van der Waals surface area (Å²) in [5.74, 6) is 0.149. The van der Waals surface area contributed by atoms with E-state index in [0.717, 1.165) is 50.0 Å². The molecule has 0 unspecified atom stereocenters. The number of carbonyl (C=O) groups is 1. The van der Waals surface area contributed by atoms with Gasteiger partial charge < -0.3 is 15.0 Å². The number of alkyl halides is 3. The molecule has 1 aliphatic heterocycles. The second-order valence-corrected chi connectivity index (χ2v) is 8.44. The molecule has 1 atom stereocenters. The number of ether oxygens (including phenoxy) is 1. The van der Waals surface area contributed by atoms with Crippen LogP contribution in [0.3, 0.4) is 0 Å². The molecule has 2 aromatic rings. The average molecular weight is 459 g/mol. The Kier molecular flexibility index (Phi) is 7.48. The maximum Gasteiger partial charge on any atom is 0.433 e. The third-order valence-corrected chi connectivity index (χ3v) is 5.55. The highest BCUT2D eigenvalue weighted by Crippen LogP contribution is 2.30. The van der Waals surface area contributed by atoms with Crippen molar-refractivity contribution in [1.29, 1.82) is 0 Å². The maximum absolute atomic E-state index is 12.9. The van der Waals surface area contributed by atoms with Gasteiger partial charge in [0.25, 0.3) is 5.91 Å². The van der Waals surface area contributed by atoms with Crippen molar-refractivity contribution >= 4 is 17.5 Å². The topological polar surface area (TPSA) is 70.2 Å². The number of rotatable bonds is 7. The number of nitrogens with one attached hydrogen (secondary N) is 2. The molecule has 1 aromatic heterocycles. The van der Waals surface area contributed by atoms with Crippen LogP contribution in [-0.4, -0.2) is 53.3 Å². The number of piperidine rings is 1. The van der Waals surface area contributed by atoms with Crippen molar-refractivity contribution in [2.75, 3.05) is 26.2 Å². The number of aromatic nitrogens is 2. The van der Waals surface area contributed by atoms with E-state index in [1.165, 1.54) is 0 Å². The molecule has 0 bridgehead atoms. The highest BCUT2D eigenvalue weighted by molar-refractivity contribution is 6.30. The third kappa shape index (κ3) is 6.36. The summed E-state index contributed by atoms with van der Waals surface area (Å²) in [6, 6.07) is 5.58. The molecule has 0 radical (unpaired) electrons. The summed E-state index contributed by atoms with van der Waals surface area (Å²) in [6.45, 7) is 6.66. The zero-order valence-corrected chi connectivity index (χ0v) is 18.2. The van der Waals surface area contributed by atoms with E-state index in [0.29, 0.717) is 5.02 Å². The molecule has 0 aliphatic carbocycles. The zero-order chi connectivity index (χ0) is 22.6. The fourth-order valence-electron chi connectivity index (χ4n) is 3.68. The molecule has 10 heteroatoms.